The van der Waals surface area contributed by atoms with Crippen LogP contribution in [-0.4, -0.2) is 21.3 Å². The Kier molecular flexibility index (Phi) is 2.83. The lowest BCUT2D eigenvalue weighted by molar-refractivity contribution is 0.196. The Labute approximate surface area is 94.7 Å². The van der Waals surface area contributed by atoms with Crippen LogP contribution in [0, 0.1) is 5.92 Å². The molecule has 0 saturated heterocycles. The Morgan fingerprint density at radius 3 is 2.81 bits per heavy atom. The van der Waals surface area contributed by atoms with Crippen molar-refractivity contribution in [2.45, 2.75) is 19.9 Å². The van der Waals surface area contributed by atoms with E-state index in [0.29, 0.717) is 11.6 Å². The van der Waals surface area contributed by atoms with Crippen molar-refractivity contribution in [2.75, 3.05) is 12.3 Å². The molecule has 0 saturated carbocycles. The first-order chi connectivity index (χ1) is 7.63. The Hall–Kier alpha value is -1.55. The number of nitrogens with two attached hydrogens (primary N) is 1. The summed E-state index contributed by atoms with van der Waals surface area (Å²) >= 11 is 0. The van der Waals surface area contributed by atoms with Crippen LogP contribution in [0.25, 0.3) is 11.0 Å². The molecule has 0 aliphatic rings. The Bertz CT molecular complexity index is 490. The summed E-state index contributed by atoms with van der Waals surface area (Å²) in [5, 5.41) is 9.41. The van der Waals surface area contributed by atoms with Gasteiger partial charge in [0.15, 0.2) is 0 Å². The molecule has 0 aliphatic heterocycles. The van der Waals surface area contributed by atoms with Crippen molar-refractivity contribution < 1.29 is 5.11 Å². The van der Waals surface area contributed by atoms with Crippen molar-refractivity contribution in [3.63, 3.8) is 0 Å². The van der Waals surface area contributed by atoms with Gasteiger partial charge in [0.1, 0.15) is 0 Å². The molecular formula is C12H17N3O. The number of aliphatic hydroxyl groups is 1. The Morgan fingerprint density at radius 1 is 1.44 bits per heavy atom. The van der Waals surface area contributed by atoms with Gasteiger partial charge in [-0.15, -0.1) is 0 Å². The second kappa shape index (κ2) is 4.14. The van der Waals surface area contributed by atoms with Gasteiger partial charge in [0.25, 0.3) is 0 Å². The number of nitrogen functional groups attached to an aromatic ring is 1. The smallest absolute Gasteiger partial charge is 0.0961 e. The lowest BCUT2D eigenvalue weighted by Crippen LogP contribution is -2.18. The number of fused-ring (bicyclic) bond motifs is 1. The van der Waals surface area contributed by atoms with E-state index in [0.717, 1.165) is 11.0 Å². The van der Waals surface area contributed by atoms with E-state index in [2.05, 4.69) is 18.8 Å². The van der Waals surface area contributed by atoms with Gasteiger partial charge in [-0.25, -0.2) is 4.98 Å². The fourth-order valence-electron chi connectivity index (χ4n) is 1.93. The molecule has 1 aromatic heterocycles. The molecule has 16 heavy (non-hydrogen) atoms. The van der Waals surface area contributed by atoms with Gasteiger partial charge in [0, 0.05) is 5.69 Å². The van der Waals surface area contributed by atoms with Gasteiger partial charge < -0.3 is 15.4 Å². The van der Waals surface area contributed by atoms with Crippen LogP contribution in [0.4, 0.5) is 5.69 Å². The minimum atomic E-state index is 0.0635. The second-order valence-corrected chi connectivity index (χ2v) is 4.39. The molecule has 1 heterocycles. The van der Waals surface area contributed by atoms with Gasteiger partial charge in [-0.2, -0.15) is 0 Å². The zero-order valence-corrected chi connectivity index (χ0v) is 9.59. The third-order valence-electron chi connectivity index (χ3n) is 2.91. The number of aliphatic hydroxyl groups excluding tert-OH is 1. The van der Waals surface area contributed by atoms with E-state index in [1.165, 1.54) is 0 Å². The minimum Gasteiger partial charge on any atom is -0.399 e. The van der Waals surface area contributed by atoms with Gasteiger partial charge in [-0.1, -0.05) is 13.8 Å². The van der Waals surface area contributed by atoms with Crippen LogP contribution in [0.1, 0.15) is 19.9 Å². The molecule has 86 valence electrons. The summed E-state index contributed by atoms with van der Waals surface area (Å²) in [4.78, 5) is 4.30. The predicted molar refractivity (Wildman–Crippen MR) is 65.1 cm³/mol. The quantitative estimate of drug-likeness (QED) is 0.774. The highest BCUT2D eigenvalue weighted by molar-refractivity contribution is 5.79. The highest BCUT2D eigenvalue weighted by Gasteiger charge is 2.16. The van der Waals surface area contributed by atoms with E-state index in [4.69, 9.17) is 5.73 Å². The molecular weight excluding hydrogens is 202 g/mol. The van der Waals surface area contributed by atoms with Crippen LogP contribution >= 0.6 is 0 Å². The van der Waals surface area contributed by atoms with E-state index < -0.39 is 0 Å². The summed E-state index contributed by atoms with van der Waals surface area (Å²) in [6.07, 6.45) is 1.77. The number of imidazole rings is 1. The number of aromatic nitrogens is 2. The Balaban J connectivity index is 2.52. The van der Waals surface area contributed by atoms with Gasteiger partial charge in [0.05, 0.1) is 30.0 Å². The van der Waals surface area contributed by atoms with E-state index in [-0.39, 0.29) is 12.6 Å². The molecule has 0 bridgehead atoms. The number of hydrogen-bond donors (Lipinski definition) is 2. The van der Waals surface area contributed by atoms with E-state index in [9.17, 15) is 5.11 Å². The maximum Gasteiger partial charge on any atom is 0.0961 e. The number of anilines is 1. The maximum absolute atomic E-state index is 9.41. The summed E-state index contributed by atoms with van der Waals surface area (Å²) in [6.45, 7) is 4.29. The minimum absolute atomic E-state index is 0.0635. The summed E-state index contributed by atoms with van der Waals surface area (Å²) < 4.78 is 2.01. The molecule has 1 aromatic carbocycles. The molecule has 4 heteroatoms. The van der Waals surface area contributed by atoms with Crippen LogP contribution in [0.3, 0.4) is 0 Å². The van der Waals surface area contributed by atoms with Crippen molar-refractivity contribution in [3.8, 4) is 0 Å². The number of benzene rings is 1. The summed E-state index contributed by atoms with van der Waals surface area (Å²) in [5.74, 6) is 0.361. The highest BCUT2D eigenvalue weighted by Crippen LogP contribution is 2.24. The van der Waals surface area contributed by atoms with Crippen molar-refractivity contribution >= 4 is 16.7 Å². The SMILES string of the molecule is CC(C)[C@H](CO)n1cnc2cc(N)ccc21. The van der Waals surface area contributed by atoms with E-state index in [1.807, 2.05) is 22.8 Å². The highest BCUT2D eigenvalue weighted by atomic mass is 16.3. The topological polar surface area (TPSA) is 64.1 Å². The molecule has 0 fully saturated rings. The van der Waals surface area contributed by atoms with Crippen molar-refractivity contribution in [1.29, 1.82) is 0 Å². The van der Waals surface area contributed by atoms with Gasteiger partial charge in [-0.05, 0) is 24.1 Å². The van der Waals surface area contributed by atoms with Gasteiger partial charge in [-0.3, -0.25) is 0 Å². The zero-order chi connectivity index (χ0) is 11.7. The van der Waals surface area contributed by atoms with Gasteiger partial charge in [0.2, 0.25) is 0 Å². The molecule has 1 atom stereocenters. The largest absolute Gasteiger partial charge is 0.399 e. The monoisotopic (exact) mass is 219 g/mol. The second-order valence-electron chi connectivity index (χ2n) is 4.39. The van der Waals surface area contributed by atoms with Crippen LogP contribution in [0.2, 0.25) is 0 Å². The third-order valence-corrected chi connectivity index (χ3v) is 2.91. The molecule has 0 aliphatic carbocycles. The fourth-order valence-corrected chi connectivity index (χ4v) is 1.93. The van der Waals surface area contributed by atoms with Crippen LogP contribution in [-0.2, 0) is 0 Å². The average molecular weight is 219 g/mol. The number of rotatable bonds is 3. The lowest BCUT2D eigenvalue weighted by Gasteiger charge is -2.20. The van der Waals surface area contributed by atoms with Crippen LogP contribution in [0.5, 0.6) is 0 Å². The standard InChI is InChI=1S/C12H17N3O/c1-8(2)12(6-16)15-7-14-10-5-9(13)3-4-11(10)15/h3-5,7-8,12,16H,6,13H2,1-2H3/t12-/m0/s1. The molecule has 4 nitrogen and oxygen atoms in total. The predicted octanol–water partition coefficient (Wildman–Crippen LogP) is 1.81. The molecule has 0 unspecified atom stereocenters. The van der Waals surface area contributed by atoms with Crippen molar-refractivity contribution in [1.82, 2.24) is 9.55 Å². The Morgan fingerprint density at radius 2 is 2.19 bits per heavy atom. The number of nitrogens with zero attached hydrogens (tertiary/aromatic N) is 2. The lowest BCUT2D eigenvalue weighted by atomic mass is 10.1. The third kappa shape index (κ3) is 1.76. The maximum atomic E-state index is 9.41. The molecule has 3 N–H and O–H groups in total. The van der Waals surface area contributed by atoms with Gasteiger partial charge >= 0.3 is 0 Å². The molecule has 2 rings (SSSR count). The molecule has 2 aromatic rings. The number of hydrogen-bond acceptors (Lipinski definition) is 3. The first-order valence-corrected chi connectivity index (χ1v) is 5.46. The molecule has 0 amide bonds. The first-order valence-electron chi connectivity index (χ1n) is 5.46. The van der Waals surface area contributed by atoms with E-state index >= 15 is 0 Å². The van der Waals surface area contributed by atoms with Crippen LogP contribution in [0.15, 0.2) is 24.5 Å². The van der Waals surface area contributed by atoms with Crippen molar-refractivity contribution in [3.05, 3.63) is 24.5 Å². The van der Waals surface area contributed by atoms with Crippen molar-refractivity contribution in [2.24, 2.45) is 5.92 Å². The molecule has 0 radical (unpaired) electrons. The van der Waals surface area contributed by atoms with Crippen LogP contribution < -0.4 is 5.73 Å². The zero-order valence-electron chi connectivity index (χ0n) is 9.59. The normalized spacial score (nSPS) is 13.5. The average Bonchev–Trinajstić information content (AvgIpc) is 2.62. The summed E-state index contributed by atoms with van der Waals surface area (Å²) in [7, 11) is 0. The molecule has 0 spiro atoms. The van der Waals surface area contributed by atoms with E-state index in [1.54, 1.807) is 6.33 Å². The first kappa shape index (κ1) is 11.0. The summed E-state index contributed by atoms with van der Waals surface area (Å²) in [6, 6.07) is 5.71. The fraction of sp³-hybridized carbons (Fsp3) is 0.417. The summed E-state index contributed by atoms with van der Waals surface area (Å²) in [5.41, 5.74) is 8.30.